The summed E-state index contributed by atoms with van der Waals surface area (Å²) in [6, 6.07) is 12.3. The fraction of sp³-hybridized carbons (Fsp3) is 0.0952. The molecule has 1 aliphatic heterocycles. The van der Waals surface area contributed by atoms with Crippen molar-refractivity contribution in [3.05, 3.63) is 69.7 Å². The Balaban J connectivity index is 1.78. The number of hydrogen-bond acceptors (Lipinski definition) is 6. The SMILES string of the molecule is CC1=C(c2nc(-c3ccc(C#N)cc3)cs2)C(c2cc(O)ccc2O)NC(=O)N1. The summed E-state index contributed by atoms with van der Waals surface area (Å²) < 4.78 is 0. The highest BCUT2D eigenvalue weighted by Gasteiger charge is 2.31. The van der Waals surface area contributed by atoms with Crippen LogP contribution in [0.25, 0.3) is 16.8 Å². The second kappa shape index (κ2) is 7.30. The highest BCUT2D eigenvalue weighted by molar-refractivity contribution is 7.11. The van der Waals surface area contributed by atoms with Gasteiger partial charge in [-0.3, -0.25) is 0 Å². The highest BCUT2D eigenvalue weighted by Crippen LogP contribution is 2.41. The number of benzene rings is 2. The number of hydrogen-bond donors (Lipinski definition) is 4. The lowest BCUT2D eigenvalue weighted by atomic mass is 9.95. The Kier molecular flexibility index (Phi) is 4.66. The van der Waals surface area contributed by atoms with Crippen molar-refractivity contribution in [2.45, 2.75) is 13.0 Å². The molecule has 4 rings (SSSR count). The van der Waals surface area contributed by atoms with Crippen LogP contribution in [0.4, 0.5) is 4.79 Å². The monoisotopic (exact) mass is 404 g/mol. The number of thiazole rings is 1. The highest BCUT2D eigenvalue weighted by atomic mass is 32.1. The number of amides is 2. The number of phenols is 2. The zero-order chi connectivity index (χ0) is 20.5. The largest absolute Gasteiger partial charge is 0.508 e. The summed E-state index contributed by atoms with van der Waals surface area (Å²) in [7, 11) is 0. The third-order valence-corrected chi connectivity index (χ3v) is 5.51. The number of nitrogens with zero attached hydrogens (tertiary/aromatic N) is 2. The summed E-state index contributed by atoms with van der Waals surface area (Å²) in [6.07, 6.45) is 0. The number of carbonyl (C=O) groups is 1. The molecule has 0 saturated heterocycles. The first-order valence-electron chi connectivity index (χ1n) is 8.73. The lowest BCUT2D eigenvalue weighted by molar-refractivity contribution is 0.240. The summed E-state index contributed by atoms with van der Waals surface area (Å²) in [5.74, 6) is -0.0517. The van der Waals surface area contributed by atoms with Gasteiger partial charge in [0.1, 0.15) is 16.5 Å². The van der Waals surface area contributed by atoms with E-state index in [1.54, 1.807) is 19.1 Å². The minimum absolute atomic E-state index is 0.0139. The Morgan fingerprint density at radius 3 is 2.66 bits per heavy atom. The van der Waals surface area contributed by atoms with E-state index in [2.05, 4.69) is 16.7 Å². The molecule has 0 bridgehead atoms. The van der Waals surface area contributed by atoms with Gasteiger partial charge in [-0.05, 0) is 37.3 Å². The van der Waals surface area contributed by atoms with E-state index in [9.17, 15) is 15.0 Å². The van der Waals surface area contributed by atoms with Crippen molar-refractivity contribution < 1.29 is 15.0 Å². The molecule has 29 heavy (non-hydrogen) atoms. The standard InChI is InChI=1S/C21H16N4O3S/c1-11-18(19(25-21(28)23-11)15-8-14(26)6-7-17(15)27)20-24-16(10-29-20)13-4-2-12(9-22)3-5-13/h2-8,10,19,26-27H,1H3,(H2,23,25,28). The van der Waals surface area contributed by atoms with Gasteiger partial charge in [-0.15, -0.1) is 11.3 Å². The maximum atomic E-state index is 12.1. The zero-order valence-electron chi connectivity index (χ0n) is 15.3. The van der Waals surface area contributed by atoms with E-state index in [1.165, 1.54) is 29.5 Å². The average Bonchev–Trinajstić information content (AvgIpc) is 3.19. The maximum Gasteiger partial charge on any atom is 0.319 e. The minimum Gasteiger partial charge on any atom is -0.508 e. The van der Waals surface area contributed by atoms with Crippen molar-refractivity contribution >= 4 is 22.9 Å². The summed E-state index contributed by atoms with van der Waals surface area (Å²) in [4.78, 5) is 16.8. The van der Waals surface area contributed by atoms with Crippen LogP contribution < -0.4 is 10.6 Å². The van der Waals surface area contributed by atoms with Crippen LogP contribution in [0.5, 0.6) is 11.5 Å². The second-order valence-electron chi connectivity index (χ2n) is 6.54. The molecule has 1 atom stereocenters. The number of rotatable bonds is 3. The van der Waals surface area contributed by atoms with Gasteiger partial charge in [0.15, 0.2) is 0 Å². The number of nitrogens with one attached hydrogen (secondary N) is 2. The van der Waals surface area contributed by atoms with Crippen LogP contribution in [0.2, 0.25) is 0 Å². The van der Waals surface area contributed by atoms with E-state index in [1.807, 2.05) is 17.5 Å². The van der Waals surface area contributed by atoms with E-state index in [0.717, 1.165) is 11.3 Å². The van der Waals surface area contributed by atoms with Gasteiger partial charge in [0, 0.05) is 27.8 Å². The quantitative estimate of drug-likeness (QED) is 0.494. The van der Waals surface area contributed by atoms with E-state index in [0.29, 0.717) is 27.4 Å². The van der Waals surface area contributed by atoms with Gasteiger partial charge < -0.3 is 20.8 Å². The molecule has 1 unspecified atom stereocenters. The van der Waals surface area contributed by atoms with E-state index >= 15 is 0 Å². The van der Waals surface area contributed by atoms with Crippen LogP contribution >= 0.6 is 11.3 Å². The van der Waals surface area contributed by atoms with Gasteiger partial charge in [-0.1, -0.05) is 12.1 Å². The fourth-order valence-corrected chi connectivity index (χ4v) is 4.19. The molecule has 144 valence electrons. The second-order valence-corrected chi connectivity index (χ2v) is 7.40. The number of allylic oxidation sites excluding steroid dienone is 1. The summed E-state index contributed by atoms with van der Waals surface area (Å²) >= 11 is 1.40. The average molecular weight is 404 g/mol. The predicted molar refractivity (Wildman–Crippen MR) is 109 cm³/mol. The molecule has 0 radical (unpaired) electrons. The molecular formula is C21H16N4O3S. The number of nitriles is 1. The van der Waals surface area contributed by atoms with Gasteiger partial charge >= 0.3 is 6.03 Å². The van der Waals surface area contributed by atoms with Crippen molar-refractivity contribution in [1.29, 1.82) is 5.26 Å². The molecule has 3 aromatic rings. The van der Waals surface area contributed by atoms with Crippen molar-refractivity contribution in [3.8, 4) is 28.8 Å². The number of carbonyl (C=O) groups excluding carboxylic acids is 1. The third kappa shape index (κ3) is 3.51. The molecule has 0 fully saturated rings. The van der Waals surface area contributed by atoms with Crippen molar-refractivity contribution in [3.63, 3.8) is 0 Å². The molecule has 8 heteroatoms. The third-order valence-electron chi connectivity index (χ3n) is 4.64. The molecule has 1 aliphatic rings. The molecule has 2 amide bonds. The van der Waals surface area contributed by atoms with Crippen LogP contribution in [0.3, 0.4) is 0 Å². The van der Waals surface area contributed by atoms with Crippen LogP contribution in [-0.2, 0) is 0 Å². The lowest BCUT2D eigenvalue weighted by Crippen LogP contribution is -2.42. The molecule has 7 nitrogen and oxygen atoms in total. The number of aromatic hydroxyl groups is 2. The van der Waals surface area contributed by atoms with Crippen molar-refractivity contribution in [2.24, 2.45) is 0 Å². The fourth-order valence-electron chi connectivity index (χ4n) is 3.23. The summed E-state index contributed by atoms with van der Waals surface area (Å²) in [5, 5.41) is 37.2. The van der Waals surface area contributed by atoms with Gasteiger partial charge in [-0.2, -0.15) is 5.26 Å². The number of aromatic nitrogens is 1. The molecule has 4 N–H and O–H groups in total. The molecule has 2 heterocycles. The first-order chi connectivity index (χ1) is 14.0. The molecular weight excluding hydrogens is 388 g/mol. The van der Waals surface area contributed by atoms with Crippen LogP contribution in [0.1, 0.15) is 29.1 Å². The molecule has 0 saturated carbocycles. The van der Waals surface area contributed by atoms with E-state index < -0.39 is 12.1 Å². The Hall–Kier alpha value is -3.83. The van der Waals surface area contributed by atoms with Crippen LogP contribution in [0, 0.1) is 11.3 Å². The maximum absolute atomic E-state index is 12.1. The smallest absolute Gasteiger partial charge is 0.319 e. The molecule has 0 spiro atoms. The first-order valence-corrected chi connectivity index (χ1v) is 9.61. The zero-order valence-corrected chi connectivity index (χ0v) is 16.1. The summed E-state index contributed by atoms with van der Waals surface area (Å²) in [6.45, 7) is 1.77. The molecule has 0 aliphatic carbocycles. The Morgan fingerprint density at radius 1 is 1.17 bits per heavy atom. The van der Waals surface area contributed by atoms with E-state index in [4.69, 9.17) is 10.2 Å². The Labute approximate surface area is 170 Å². The Bertz CT molecular complexity index is 1180. The van der Waals surface area contributed by atoms with Gasteiger partial charge in [0.2, 0.25) is 0 Å². The van der Waals surface area contributed by atoms with Gasteiger partial charge in [0.05, 0.1) is 23.4 Å². The minimum atomic E-state index is -0.671. The van der Waals surface area contributed by atoms with Crippen molar-refractivity contribution in [1.82, 2.24) is 15.6 Å². The normalized spacial score (nSPS) is 16.1. The van der Waals surface area contributed by atoms with E-state index in [-0.39, 0.29) is 11.5 Å². The number of urea groups is 1. The molecule has 1 aromatic heterocycles. The summed E-state index contributed by atoms with van der Waals surface area (Å²) in [5.41, 5.74) is 3.88. The molecule has 2 aromatic carbocycles. The van der Waals surface area contributed by atoms with Gasteiger partial charge in [0.25, 0.3) is 0 Å². The number of phenolic OH excluding ortho intramolecular Hbond substituents is 2. The predicted octanol–water partition coefficient (Wildman–Crippen LogP) is 3.88. The van der Waals surface area contributed by atoms with Gasteiger partial charge in [-0.25, -0.2) is 9.78 Å². The lowest BCUT2D eigenvalue weighted by Gasteiger charge is -2.28. The first kappa shape index (κ1) is 18.5. The van der Waals surface area contributed by atoms with Crippen LogP contribution in [0.15, 0.2) is 53.5 Å². The van der Waals surface area contributed by atoms with Crippen LogP contribution in [-0.4, -0.2) is 21.2 Å². The topological polar surface area (TPSA) is 118 Å². The van der Waals surface area contributed by atoms with Crippen molar-refractivity contribution in [2.75, 3.05) is 0 Å². The Morgan fingerprint density at radius 2 is 1.93 bits per heavy atom.